The van der Waals surface area contributed by atoms with Crippen LogP contribution in [0.25, 0.3) is 0 Å². The van der Waals surface area contributed by atoms with Crippen molar-refractivity contribution in [2.24, 2.45) is 0 Å². The molecule has 1 unspecified atom stereocenters. The van der Waals surface area contributed by atoms with Crippen molar-refractivity contribution >= 4 is 27.5 Å². The van der Waals surface area contributed by atoms with Gasteiger partial charge in [-0.2, -0.15) is 0 Å². The van der Waals surface area contributed by atoms with E-state index in [1.807, 2.05) is 18.2 Å². The maximum absolute atomic E-state index is 5.85. The molecule has 1 atom stereocenters. The van der Waals surface area contributed by atoms with Gasteiger partial charge in [0.1, 0.15) is 0 Å². The summed E-state index contributed by atoms with van der Waals surface area (Å²) in [6, 6.07) is 5.99. The predicted octanol–water partition coefficient (Wildman–Crippen LogP) is 3.04. The molecule has 0 spiro atoms. The highest BCUT2D eigenvalue weighted by atomic mass is 79.9. The number of epoxide rings is 1. The molecule has 1 aromatic carbocycles. The Labute approximate surface area is 84.8 Å². The summed E-state index contributed by atoms with van der Waals surface area (Å²) < 4.78 is 6.09. The second-order valence-electron chi connectivity index (χ2n) is 2.91. The highest BCUT2D eigenvalue weighted by molar-refractivity contribution is 9.10. The standard InChI is InChI=1S/C9H8BrClO/c10-8-4-6(1-2-9(8)11)3-7-5-12-7/h1-2,4,7H,3,5H2. The first-order chi connectivity index (χ1) is 5.75. The minimum atomic E-state index is 0.443. The van der Waals surface area contributed by atoms with E-state index in [4.69, 9.17) is 16.3 Å². The van der Waals surface area contributed by atoms with E-state index in [1.165, 1.54) is 5.56 Å². The molecule has 0 radical (unpaired) electrons. The van der Waals surface area contributed by atoms with Gasteiger partial charge < -0.3 is 4.74 Å². The van der Waals surface area contributed by atoms with Gasteiger partial charge in [0.2, 0.25) is 0 Å². The molecule has 2 rings (SSSR count). The Hall–Kier alpha value is -0.0500. The molecule has 12 heavy (non-hydrogen) atoms. The minimum absolute atomic E-state index is 0.443. The largest absolute Gasteiger partial charge is 0.373 e. The van der Waals surface area contributed by atoms with Crippen LogP contribution in [0.5, 0.6) is 0 Å². The first-order valence-corrected chi connectivity index (χ1v) is 4.98. The van der Waals surface area contributed by atoms with Crippen LogP contribution in [-0.2, 0) is 11.2 Å². The third-order valence-corrected chi connectivity index (χ3v) is 3.06. The van der Waals surface area contributed by atoms with Crippen LogP contribution in [0.1, 0.15) is 5.56 Å². The van der Waals surface area contributed by atoms with Crippen molar-refractivity contribution < 1.29 is 4.74 Å². The van der Waals surface area contributed by atoms with Crippen molar-refractivity contribution in [3.8, 4) is 0 Å². The Morgan fingerprint density at radius 3 is 2.92 bits per heavy atom. The quantitative estimate of drug-likeness (QED) is 0.732. The number of ether oxygens (including phenoxy) is 1. The van der Waals surface area contributed by atoms with Crippen molar-refractivity contribution in [3.63, 3.8) is 0 Å². The SMILES string of the molecule is Clc1ccc(CC2CO2)cc1Br. The summed E-state index contributed by atoms with van der Waals surface area (Å²) in [5.74, 6) is 0. The highest BCUT2D eigenvalue weighted by Crippen LogP contribution is 2.25. The van der Waals surface area contributed by atoms with E-state index < -0.39 is 0 Å². The minimum Gasteiger partial charge on any atom is -0.373 e. The summed E-state index contributed by atoms with van der Waals surface area (Å²) >= 11 is 9.24. The third-order valence-electron chi connectivity index (χ3n) is 1.85. The van der Waals surface area contributed by atoms with Crippen molar-refractivity contribution in [1.82, 2.24) is 0 Å². The van der Waals surface area contributed by atoms with E-state index in [0.29, 0.717) is 6.10 Å². The van der Waals surface area contributed by atoms with Gasteiger partial charge in [-0.25, -0.2) is 0 Å². The normalized spacial score (nSPS) is 21.0. The van der Waals surface area contributed by atoms with Crippen molar-refractivity contribution in [3.05, 3.63) is 33.3 Å². The van der Waals surface area contributed by atoms with Gasteiger partial charge in [-0.3, -0.25) is 0 Å². The smallest absolute Gasteiger partial charge is 0.0850 e. The van der Waals surface area contributed by atoms with Crippen LogP contribution >= 0.6 is 27.5 Å². The zero-order chi connectivity index (χ0) is 8.55. The van der Waals surface area contributed by atoms with E-state index in [1.54, 1.807) is 0 Å². The molecule has 1 aliphatic rings. The summed E-state index contributed by atoms with van der Waals surface area (Å²) in [5.41, 5.74) is 1.27. The van der Waals surface area contributed by atoms with Gasteiger partial charge in [-0.05, 0) is 33.6 Å². The molecule has 0 bridgehead atoms. The molecule has 1 heterocycles. The van der Waals surface area contributed by atoms with Gasteiger partial charge in [-0.15, -0.1) is 0 Å². The van der Waals surface area contributed by atoms with Gasteiger partial charge in [0.05, 0.1) is 17.7 Å². The van der Waals surface area contributed by atoms with Crippen LogP contribution in [-0.4, -0.2) is 12.7 Å². The Kier molecular flexibility index (Phi) is 2.40. The van der Waals surface area contributed by atoms with E-state index in [0.717, 1.165) is 22.5 Å². The van der Waals surface area contributed by atoms with Gasteiger partial charge in [0, 0.05) is 10.9 Å². The fraction of sp³-hybridized carbons (Fsp3) is 0.333. The molecular weight excluding hydrogens is 239 g/mol. The number of halogens is 2. The maximum atomic E-state index is 5.85. The van der Waals surface area contributed by atoms with Crippen LogP contribution < -0.4 is 0 Å². The lowest BCUT2D eigenvalue weighted by Gasteiger charge is -2.00. The molecule has 0 amide bonds. The molecule has 3 heteroatoms. The zero-order valence-corrected chi connectivity index (χ0v) is 8.73. The molecule has 1 nitrogen and oxygen atoms in total. The fourth-order valence-corrected chi connectivity index (χ4v) is 1.66. The van der Waals surface area contributed by atoms with Gasteiger partial charge in [-0.1, -0.05) is 17.7 Å². The van der Waals surface area contributed by atoms with Crippen LogP contribution in [0, 0.1) is 0 Å². The predicted molar refractivity (Wildman–Crippen MR) is 52.6 cm³/mol. The average Bonchev–Trinajstić information content (AvgIpc) is 2.81. The lowest BCUT2D eigenvalue weighted by atomic mass is 10.1. The van der Waals surface area contributed by atoms with Gasteiger partial charge in [0.25, 0.3) is 0 Å². The lowest BCUT2D eigenvalue weighted by molar-refractivity contribution is 0.407. The molecule has 0 aliphatic carbocycles. The van der Waals surface area contributed by atoms with Gasteiger partial charge >= 0.3 is 0 Å². The summed E-state index contributed by atoms with van der Waals surface area (Å²) in [5, 5.41) is 0.760. The first-order valence-electron chi connectivity index (χ1n) is 3.81. The van der Waals surface area contributed by atoms with Crippen LogP contribution in [0.4, 0.5) is 0 Å². The highest BCUT2D eigenvalue weighted by Gasteiger charge is 2.22. The molecule has 1 saturated heterocycles. The average molecular weight is 248 g/mol. The Morgan fingerprint density at radius 1 is 1.58 bits per heavy atom. The molecule has 1 aliphatic heterocycles. The van der Waals surface area contributed by atoms with E-state index >= 15 is 0 Å². The number of hydrogen-bond donors (Lipinski definition) is 0. The molecule has 0 N–H and O–H groups in total. The zero-order valence-electron chi connectivity index (χ0n) is 6.39. The Morgan fingerprint density at radius 2 is 2.33 bits per heavy atom. The molecular formula is C9H8BrClO. The number of benzene rings is 1. The first kappa shape index (κ1) is 8.54. The molecule has 1 aromatic rings. The second kappa shape index (κ2) is 3.36. The van der Waals surface area contributed by atoms with Crippen LogP contribution in [0.2, 0.25) is 5.02 Å². The Balaban J connectivity index is 2.15. The summed E-state index contributed by atoms with van der Waals surface area (Å²) in [6.07, 6.45) is 1.44. The van der Waals surface area contributed by atoms with Crippen molar-refractivity contribution in [1.29, 1.82) is 0 Å². The number of rotatable bonds is 2. The lowest BCUT2D eigenvalue weighted by Crippen LogP contribution is -1.92. The molecule has 0 saturated carbocycles. The van der Waals surface area contributed by atoms with Gasteiger partial charge in [0.15, 0.2) is 0 Å². The summed E-state index contributed by atoms with van der Waals surface area (Å²) in [6.45, 7) is 0.903. The van der Waals surface area contributed by atoms with Crippen molar-refractivity contribution in [2.75, 3.05) is 6.61 Å². The van der Waals surface area contributed by atoms with Crippen LogP contribution in [0.3, 0.4) is 0 Å². The number of hydrogen-bond acceptors (Lipinski definition) is 1. The molecule has 1 fully saturated rings. The molecule has 64 valence electrons. The monoisotopic (exact) mass is 246 g/mol. The third kappa shape index (κ3) is 2.00. The van der Waals surface area contributed by atoms with E-state index in [-0.39, 0.29) is 0 Å². The van der Waals surface area contributed by atoms with Crippen molar-refractivity contribution in [2.45, 2.75) is 12.5 Å². The van der Waals surface area contributed by atoms with Crippen LogP contribution in [0.15, 0.2) is 22.7 Å². The topological polar surface area (TPSA) is 12.5 Å². The fourth-order valence-electron chi connectivity index (χ4n) is 1.12. The maximum Gasteiger partial charge on any atom is 0.0850 e. The summed E-state index contributed by atoms with van der Waals surface area (Å²) in [4.78, 5) is 0. The van der Waals surface area contributed by atoms with E-state index in [2.05, 4.69) is 15.9 Å². The van der Waals surface area contributed by atoms with E-state index in [9.17, 15) is 0 Å². The summed E-state index contributed by atoms with van der Waals surface area (Å²) in [7, 11) is 0. The Bertz CT molecular complexity index is 297. The molecule has 0 aromatic heterocycles. The second-order valence-corrected chi connectivity index (χ2v) is 4.17.